The van der Waals surface area contributed by atoms with Gasteiger partial charge in [0, 0.05) is 28.4 Å². The van der Waals surface area contributed by atoms with E-state index in [1.165, 1.54) is 0 Å². The molecule has 3 heterocycles. The minimum Gasteiger partial charge on any atom is -0.486 e. The zero-order valence-corrected chi connectivity index (χ0v) is 14.1. The number of benzene rings is 2. The summed E-state index contributed by atoms with van der Waals surface area (Å²) in [5.74, 6) is 1.59. The van der Waals surface area contributed by atoms with Gasteiger partial charge in [-0.25, -0.2) is 4.98 Å². The average molecular weight is 349 g/mol. The quantitative estimate of drug-likeness (QED) is 0.554. The maximum atomic E-state index is 5.89. The normalized spacial score (nSPS) is 13.3. The predicted octanol–water partition coefficient (Wildman–Crippen LogP) is 4.08. The van der Waals surface area contributed by atoms with Crippen molar-refractivity contribution in [1.82, 2.24) is 9.38 Å². The number of ether oxygens (including phenoxy) is 2. The summed E-state index contributed by atoms with van der Waals surface area (Å²) in [6, 6.07) is 13.8. The Morgan fingerprint density at radius 3 is 2.76 bits per heavy atom. The van der Waals surface area contributed by atoms with Crippen LogP contribution in [0.25, 0.3) is 27.5 Å². The highest BCUT2D eigenvalue weighted by atomic mass is 32.1. The number of hydrogen-bond donors (Lipinski definition) is 1. The molecule has 1 aliphatic rings. The summed E-state index contributed by atoms with van der Waals surface area (Å²) in [5.41, 5.74) is 10.7. The van der Waals surface area contributed by atoms with Crippen molar-refractivity contribution in [1.29, 1.82) is 0 Å². The van der Waals surface area contributed by atoms with Gasteiger partial charge in [0.1, 0.15) is 13.2 Å². The third kappa shape index (κ3) is 2.42. The van der Waals surface area contributed by atoms with Gasteiger partial charge in [-0.05, 0) is 30.3 Å². The molecule has 0 fully saturated rings. The van der Waals surface area contributed by atoms with Crippen LogP contribution in [0.1, 0.15) is 0 Å². The number of fused-ring (bicyclic) bond motifs is 2. The van der Waals surface area contributed by atoms with E-state index in [1.807, 2.05) is 42.6 Å². The summed E-state index contributed by atoms with van der Waals surface area (Å²) in [5, 5.41) is 2.11. The van der Waals surface area contributed by atoms with Crippen LogP contribution in [0, 0.1) is 0 Å². The number of rotatable bonds is 2. The summed E-state index contributed by atoms with van der Waals surface area (Å²) in [4.78, 5) is 5.67. The van der Waals surface area contributed by atoms with Gasteiger partial charge in [0.15, 0.2) is 16.5 Å². The first kappa shape index (κ1) is 14.4. The molecule has 0 spiro atoms. The first-order chi connectivity index (χ1) is 12.3. The molecule has 0 bridgehead atoms. The third-order valence-corrected chi connectivity index (χ3v) is 5.07. The molecular formula is C19H15N3O2S. The summed E-state index contributed by atoms with van der Waals surface area (Å²) < 4.78 is 13.4. The predicted molar refractivity (Wildman–Crippen MR) is 99.3 cm³/mol. The van der Waals surface area contributed by atoms with Gasteiger partial charge in [-0.15, -0.1) is 11.3 Å². The van der Waals surface area contributed by atoms with Crippen molar-refractivity contribution in [2.24, 2.45) is 0 Å². The molecule has 0 atom stereocenters. The third-order valence-electron chi connectivity index (χ3n) is 4.23. The SMILES string of the molecule is Nc1cccc(-c2cn3c(-c4ccc5c(c4)OCCO5)csc3n2)c1. The van der Waals surface area contributed by atoms with E-state index in [0.29, 0.717) is 13.2 Å². The molecule has 1 aliphatic heterocycles. The van der Waals surface area contributed by atoms with E-state index in [9.17, 15) is 0 Å². The molecule has 4 aromatic rings. The van der Waals surface area contributed by atoms with E-state index in [1.54, 1.807) is 11.3 Å². The Balaban J connectivity index is 1.60. The number of nitrogens with zero attached hydrogens (tertiary/aromatic N) is 2. The Labute approximate surface area is 148 Å². The fraction of sp³-hybridized carbons (Fsp3) is 0.105. The van der Waals surface area contributed by atoms with Crippen LogP contribution in [-0.4, -0.2) is 22.6 Å². The van der Waals surface area contributed by atoms with Crippen LogP contribution in [0.2, 0.25) is 0 Å². The van der Waals surface area contributed by atoms with Crippen LogP contribution in [0.3, 0.4) is 0 Å². The maximum Gasteiger partial charge on any atom is 0.194 e. The van der Waals surface area contributed by atoms with E-state index in [0.717, 1.165) is 44.7 Å². The molecule has 0 saturated heterocycles. The van der Waals surface area contributed by atoms with Crippen molar-refractivity contribution in [2.75, 3.05) is 18.9 Å². The number of hydrogen-bond acceptors (Lipinski definition) is 5. The van der Waals surface area contributed by atoms with E-state index < -0.39 is 0 Å². The lowest BCUT2D eigenvalue weighted by atomic mass is 10.1. The maximum absolute atomic E-state index is 5.89. The number of thiazole rings is 1. The second kappa shape index (κ2) is 5.53. The topological polar surface area (TPSA) is 61.8 Å². The molecule has 5 nitrogen and oxygen atoms in total. The van der Waals surface area contributed by atoms with Gasteiger partial charge >= 0.3 is 0 Å². The van der Waals surface area contributed by atoms with E-state index >= 15 is 0 Å². The van der Waals surface area contributed by atoms with Crippen molar-refractivity contribution in [3.05, 3.63) is 54.0 Å². The number of anilines is 1. The van der Waals surface area contributed by atoms with Gasteiger partial charge in [0.25, 0.3) is 0 Å². The van der Waals surface area contributed by atoms with Crippen molar-refractivity contribution in [2.45, 2.75) is 0 Å². The molecule has 2 aromatic heterocycles. The Hall–Kier alpha value is -2.99. The van der Waals surface area contributed by atoms with Gasteiger partial charge in [-0.1, -0.05) is 12.1 Å². The van der Waals surface area contributed by atoms with Crippen molar-refractivity contribution in [3.8, 4) is 34.0 Å². The lowest BCUT2D eigenvalue weighted by Gasteiger charge is -2.18. The molecule has 124 valence electrons. The summed E-state index contributed by atoms with van der Waals surface area (Å²) in [6.07, 6.45) is 2.05. The Morgan fingerprint density at radius 1 is 1.00 bits per heavy atom. The Bertz CT molecular complexity index is 1080. The molecule has 0 amide bonds. The van der Waals surface area contributed by atoms with E-state index in [4.69, 9.17) is 20.2 Å². The molecule has 0 saturated carbocycles. The fourth-order valence-electron chi connectivity index (χ4n) is 3.03. The van der Waals surface area contributed by atoms with Gasteiger partial charge in [0.05, 0.1) is 11.4 Å². The monoisotopic (exact) mass is 349 g/mol. The number of nitrogens with two attached hydrogens (primary N) is 1. The number of aromatic nitrogens is 2. The molecular weight excluding hydrogens is 334 g/mol. The molecule has 0 radical (unpaired) electrons. The fourth-order valence-corrected chi connectivity index (χ4v) is 3.91. The van der Waals surface area contributed by atoms with Crippen LogP contribution in [0.5, 0.6) is 11.5 Å². The van der Waals surface area contributed by atoms with Gasteiger partial charge in [0.2, 0.25) is 0 Å². The van der Waals surface area contributed by atoms with Gasteiger partial charge in [-0.3, -0.25) is 4.40 Å². The lowest BCUT2D eigenvalue weighted by Crippen LogP contribution is -2.15. The van der Waals surface area contributed by atoms with E-state index in [2.05, 4.69) is 15.8 Å². The van der Waals surface area contributed by atoms with E-state index in [-0.39, 0.29) is 0 Å². The highest BCUT2D eigenvalue weighted by Gasteiger charge is 2.15. The van der Waals surface area contributed by atoms with Crippen molar-refractivity contribution in [3.63, 3.8) is 0 Å². The Morgan fingerprint density at radius 2 is 1.88 bits per heavy atom. The van der Waals surface area contributed by atoms with Gasteiger partial charge in [-0.2, -0.15) is 0 Å². The number of imidazole rings is 1. The first-order valence-electron chi connectivity index (χ1n) is 8.00. The van der Waals surface area contributed by atoms with Crippen LogP contribution in [0.4, 0.5) is 5.69 Å². The smallest absolute Gasteiger partial charge is 0.194 e. The lowest BCUT2D eigenvalue weighted by molar-refractivity contribution is 0.171. The second-order valence-corrected chi connectivity index (χ2v) is 6.72. The van der Waals surface area contributed by atoms with Crippen LogP contribution in [-0.2, 0) is 0 Å². The summed E-state index contributed by atoms with van der Waals surface area (Å²) >= 11 is 1.61. The highest BCUT2D eigenvalue weighted by molar-refractivity contribution is 7.15. The molecule has 0 unspecified atom stereocenters. The molecule has 2 N–H and O–H groups in total. The molecule has 6 heteroatoms. The molecule has 0 aliphatic carbocycles. The van der Waals surface area contributed by atoms with Gasteiger partial charge < -0.3 is 15.2 Å². The second-order valence-electron chi connectivity index (χ2n) is 5.88. The zero-order valence-electron chi connectivity index (χ0n) is 13.3. The summed E-state index contributed by atoms with van der Waals surface area (Å²) in [6.45, 7) is 1.18. The zero-order chi connectivity index (χ0) is 16.8. The first-order valence-corrected chi connectivity index (χ1v) is 8.88. The standard InChI is InChI=1S/C19H15N3O2S/c20-14-3-1-2-12(8-14)15-10-22-16(11-25-19(22)21-15)13-4-5-17-18(9-13)24-7-6-23-17/h1-5,8-11H,6-7,20H2. The number of nitrogen functional groups attached to an aromatic ring is 1. The largest absolute Gasteiger partial charge is 0.486 e. The van der Waals surface area contributed by atoms with Crippen molar-refractivity contribution >= 4 is 22.0 Å². The highest BCUT2D eigenvalue weighted by Crippen LogP contribution is 2.36. The molecule has 25 heavy (non-hydrogen) atoms. The Kier molecular flexibility index (Phi) is 3.18. The molecule has 5 rings (SSSR count). The minimum atomic E-state index is 0.583. The van der Waals surface area contributed by atoms with Crippen LogP contribution < -0.4 is 15.2 Å². The minimum absolute atomic E-state index is 0.583. The van der Waals surface area contributed by atoms with Crippen LogP contribution in [0.15, 0.2) is 54.0 Å². The summed E-state index contributed by atoms with van der Waals surface area (Å²) in [7, 11) is 0. The van der Waals surface area contributed by atoms with Crippen LogP contribution >= 0.6 is 11.3 Å². The molecule has 2 aromatic carbocycles. The average Bonchev–Trinajstić information content (AvgIpc) is 3.22. The van der Waals surface area contributed by atoms with Crippen molar-refractivity contribution < 1.29 is 9.47 Å².